The summed E-state index contributed by atoms with van der Waals surface area (Å²) in [6, 6.07) is -0.0497. The van der Waals surface area contributed by atoms with Gasteiger partial charge in [0.25, 0.3) is 0 Å². The van der Waals surface area contributed by atoms with Crippen LogP contribution in [-0.2, 0) is 10.0 Å². The molecular formula is C10H16N4O2S. The van der Waals surface area contributed by atoms with Crippen LogP contribution in [0, 0.1) is 5.92 Å². The molecule has 1 heterocycles. The lowest BCUT2D eigenvalue weighted by molar-refractivity contribution is 0.260. The second-order valence-electron chi connectivity index (χ2n) is 4.38. The van der Waals surface area contributed by atoms with Gasteiger partial charge in [0.15, 0.2) is 0 Å². The molecule has 0 saturated heterocycles. The number of nitrogens with zero attached hydrogens (tertiary/aromatic N) is 2. The normalized spacial score (nSPS) is 18.6. The molecule has 94 valence electrons. The number of hydrogen-bond donors (Lipinski definition) is 2. The molecule has 2 rings (SSSR count). The first-order chi connectivity index (χ1) is 7.99. The summed E-state index contributed by atoms with van der Waals surface area (Å²) in [6.07, 6.45) is 5.79. The topological polar surface area (TPSA) is 98.0 Å². The highest BCUT2D eigenvalue weighted by Gasteiger charge is 2.28. The third-order valence-electron chi connectivity index (χ3n) is 3.16. The van der Waals surface area contributed by atoms with Crippen molar-refractivity contribution in [3.8, 4) is 0 Å². The standard InChI is InChI=1S/C10H16N4O2S/c1-7(8-3-2-4-8)14-17(15,16)9-5-12-10(11)13-6-9/h5-8,14H,2-4H2,1H3,(H2,11,12,13). The minimum Gasteiger partial charge on any atom is -0.368 e. The second kappa shape index (κ2) is 4.58. The smallest absolute Gasteiger partial charge is 0.243 e. The number of nitrogens with two attached hydrogens (primary N) is 1. The van der Waals surface area contributed by atoms with Crippen molar-refractivity contribution in [3.05, 3.63) is 12.4 Å². The Labute approximate surface area is 101 Å². The summed E-state index contributed by atoms with van der Waals surface area (Å²) in [5.41, 5.74) is 5.31. The fourth-order valence-corrected chi connectivity index (χ4v) is 3.01. The Hall–Kier alpha value is -1.21. The average molecular weight is 256 g/mol. The van der Waals surface area contributed by atoms with Gasteiger partial charge < -0.3 is 5.73 Å². The van der Waals surface area contributed by atoms with Crippen LogP contribution in [0.4, 0.5) is 5.95 Å². The Morgan fingerprint density at radius 3 is 2.47 bits per heavy atom. The van der Waals surface area contributed by atoms with Gasteiger partial charge in [-0.15, -0.1) is 0 Å². The first kappa shape index (κ1) is 12.3. The Morgan fingerprint density at radius 1 is 1.41 bits per heavy atom. The monoisotopic (exact) mass is 256 g/mol. The maximum atomic E-state index is 12.0. The maximum absolute atomic E-state index is 12.0. The van der Waals surface area contributed by atoms with Gasteiger partial charge >= 0.3 is 0 Å². The zero-order valence-corrected chi connectivity index (χ0v) is 10.4. The lowest BCUT2D eigenvalue weighted by atomic mass is 9.81. The molecule has 1 unspecified atom stereocenters. The summed E-state index contributed by atoms with van der Waals surface area (Å²) in [7, 11) is -3.53. The van der Waals surface area contributed by atoms with E-state index in [-0.39, 0.29) is 16.9 Å². The van der Waals surface area contributed by atoms with Crippen LogP contribution < -0.4 is 10.5 Å². The van der Waals surface area contributed by atoms with Gasteiger partial charge in [-0.1, -0.05) is 6.42 Å². The van der Waals surface area contributed by atoms with Crippen molar-refractivity contribution in [3.63, 3.8) is 0 Å². The largest absolute Gasteiger partial charge is 0.368 e. The van der Waals surface area contributed by atoms with E-state index in [1.807, 2.05) is 6.92 Å². The number of nitrogens with one attached hydrogen (secondary N) is 1. The Balaban J connectivity index is 2.10. The Bertz CT molecular complexity index is 482. The molecule has 6 nitrogen and oxygen atoms in total. The first-order valence-electron chi connectivity index (χ1n) is 5.59. The minimum absolute atomic E-state index is 0.0497. The van der Waals surface area contributed by atoms with Crippen molar-refractivity contribution in [2.24, 2.45) is 5.92 Å². The van der Waals surface area contributed by atoms with Crippen molar-refractivity contribution < 1.29 is 8.42 Å². The van der Waals surface area contributed by atoms with Crippen LogP contribution in [0.5, 0.6) is 0 Å². The molecular weight excluding hydrogens is 240 g/mol. The maximum Gasteiger partial charge on any atom is 0.243 e. The summed E-state index contributed by atoms with van der Waals surface area (Å²) in [6.45, 7) is 1.89. The number of hydrogen-bond acceptors (Lipinski definition) is 5. The molecule has 7 heteroatoms. The minimum atomic E-state index is -3.53. The molecule has 0 bridgehead atoms. The number of nitrogen functional groups attached to an aromatic ring is 1. The molecule has 0 radical (unpaired) electrons. The quantitative estimate of drug-likeness (QED) is 0.818. The van der Waals surface area contributed by atoms with E-state index < -0.39 is 10.0 Å². The van der Waals surface area contributed by atoms with E-state index >= 15 is 0 Å². The third-order valence-corrected chi connectivity index (χ3v) is 4.67. The van der Waals surface area contributed by atoms with E-state index in [1.54, 1.807) is 0 Å². The van der Waals surface area contributed by atoms with Gasteiger partial charge in [0.05, 0.1) is 12.4 Å². The first-order valence-corrected chi connectivity index (χ1v) is 7.07. The summed E-state index contributed by atoms with van der Waals surface area (Å²) >= 11 is 0. The molecule has 0 aliphatic heterocycles. The van der Waals surface area contributed by atoms with Crippen molar-refractivity contribution in [2.45, 2.75) is 37.1 Å². The molecule has 1 atom stereocenters. The van der Waals surface area contributed by atoms with Crippen LogP contribution in [0.1, 0.15) is 26.2 Å². The molecule has 1 saturated carbocycles. The summed E-state index contributed by atoms with van der Waals surface area (Å²) in [4.78, 5) is 7.41. The van der Waals surface area contributed by atoms with E-state index in [1.165, 1.54) is 18.8 Å². The highest BCUT2D eigenvalue weighted by molar-refractivity contribution is 7.89. The zero-order valence-electron chi connectivity index (χ0n) is 9.63. The predicted octanol–water partition coefficient (Wildman–Crippen LogP) is 0.526. The van der Waals surface area contributed by atoms with Crippen molar-refractivity contribution in [1.29, 1.82) is 0 Å². The van der Waals surface area contributed by atoms with E-state index in [0.29, 0.717) is 5.92 Å². The van der Waals surface area contributed by atoms with Gasteiger partial charge in [0.1, 0.15) is 4.90 Å². The van der Waals surface area contributed by atoms with Crippen LogP contribution >= 0.6 is 0 Å². The molecule has 3 N–H and O–H groups in total. The molecule has 17 heavy (non-hydrogen) atoms. The van der Waals surface area contributed by atoms with Crippen molar-refractivity contribution in [1.82, 2.24) is 14.7 Å². The molecule has 1 fully saturated rings. The van der Waals surface area contributed by atoms with Gasteiger partial charge in [-0.3, -0.25) is 0 Å². The number of rotatable bonds is 4. The molecule has 1 aliphatic rings. The van der Waals surface area contributed by atoms with Crippen LogP contribution in [0.3, 0.4) is 0 Å². The van der Waals surface area contributed by atoms with Crippen LogP contribution in [0.15, 0.2) is 17.3 Å². The highest BCUT2D eigenvalue weighted by atomic mass is 32.2. The summed E-state index contributed by atoms with van der Waals surface area (Å²) in [5, 5.41) is 0. The zero-order chi connectivity index (χ0) is 12.5. The Kier molecular flexibility index (Phi) is 3.30. The summed E-state index contributed by atoms with van der Waals surface area (Å²) in [5.74, 6) is 0.510. The predicted molar refractivity (Wildman–Crippen MR) is 63.6 cm³/mol. The number of sulfonamides is 1. The van der Waals surface area contributed by atoms with E-state index in [2.05, 4.69) is 14.7 Å². The van der Waals surface area contributed by atoms with Crippen LogP contribution in [-0.4, -0.2) is 24.4 Å². The average Bonchev–Trinajstić information content (AvgIpc) is 2.14. The van der Waals surface area contributed by atoms with E-state index in [9.17, 15) is 8.42 Å². The van der Waals surface area contributed by atoms with Crippen LogP contribution in [0.25, 0.3) is 0 Å². The highest BCUT2D eigenvalue weighted by Crippen LogP contribution is 2.29. The molecule has 1 aromatic heterocycles. The Morgan fingerprint density at radius 2 is 2.00 bits per heavy atom. The lowest BCUT2D eigenvalue weighted by Crippen LogP contribution is -2.40. The van der Waals surface area contributed by atoms with Gasteiger partial charge in [-0.25, -0.2) is 23.1 Å². The van der Waals surface area contributed by atoms with Crippen molar-refractivity contribution in [2.75, 3.05) is 5.73 Å². The van der Waals surface area contributed by atoms with Gasteiger partial charge in [-0.2, -0.15) is 0 Å². The van der Waals surface area contributed by atoms with Gasteiger partial charge in [-0.05, 0) is 25.7 Å². The van der Waals surface area contributed by atoms with E-state index in [0.717, 1.165) is 12.8 Å². The lowest BCUT2D eigenvalue weighted by Gasteiger charge is -2.31. The molecule has 0 spiro atoms. The second-order valence-corrected chi connectivity index (χ2v) is 6.09. The number of aromatic nitrogens is 2. The fraction of sp³-hybridized carbons (Fsp3) is 0.600. The van der Waals surface area contributed by atoms with Crippen molar-refractivity contribution >= 4 is 16.0 Å². The number of anilines is 1. The molecule has 1 aliphatic carbocycles. The SMILES string of the molecule is CC(NS(=O)(=O)c1cnc(N)nc1)C1CCC1. The third kappa shape index (κ3) is 2.73. The van der Waals surface area contributed by atoms with E-state index in [4.69, 9.17) is 5.73 Å². The van der Waals surface area contributed by atoms with Crippen LogP contribution in [0.2, 0.25) is 0 Å². The fourth-order valence-electron chi connectivity index (χ4n) is 1.81. The van der Waals surface area contributed by atoms with Gasteiger partial charge in [0, 0.05) is 6.04 Å². The summed E-state index contributed by atoms with van der Waals surface area (Å²) < 4.78 is 26.6. The molecule has 1 aromatic rings. The molecule has 0 aromatic carbocycles. The van der Waals surface area contributed by atoms with Gasteiger partial charge in [0.2, 0.25) is 16.0 Å². The molecule has 0 amide bonds.